The van der Waals surface area contributed by atoms with Crippen molar-refractivity contribution in [1.29, 1.82) is 0 Å². The number of piperidine rings is 1. The van der Waals surface area contributed by atoms with Gasteiger partial charge in [-0.3, -0.25) is 9.88 Å². The molecule has 11 heteroatoms. The Morgan fingerprint density at radius 3 is 2.82 bits per heavy atom. The molecule has 10 nitrogen and oxygen atoms in total. The van der Waals surface area contributed by atoms with Crippen LogP contribution in [0, 0.1) is 0 Å². The van der Waals surface area contributed by atoms with Crippen LogP contribution in [0.25, 0.3) is 27.7 Å². The van der Waals surface area contributed by atoms with E-state index in [0.717, 1.165) is 63.8 Å². The lowest BCUT2D eigenvalue weighted by atomic mass is 9.93. The highest BCUT2D eigenvalue weighted by Crippen LogP contribution is 2.37. The number of benzene rings is 1. The van der Waals surface area contributed by atoms with Crippen molar-refractivity contribution in [3.05, 3.63) is 58.7 Å². The number of hydrogen-bond donors (Lipinski definition) is 2. The molecule has 0 atom stereocenters. The minimum Gasteiger partial charge on any atom is -0.383 e. The summed E-state index contributed by atoms with van der Waals surface area (Å²) in [7, 11) is 0. The number of nitrogens with zero attached hydrogens (tertiary/aromatic N) is 8. The molecule has 0 aliphatic carbocycles. The zero-order valence-electron chi connectivity index (χ0n) is 17.7. The predicted octanol–water partition coefficient (Wildman–Crippen LogP) is 3.18. The third-order valence-corrected chi connectivity index (χ3v) is 7.09. The van der Waals surface area contributed by atoms with Crippen LogP contribution in [-0.2, 0) is 6.54 Å². The summed E-state index contributed by atoms with van der Waals surface area (Å²) < 4.78 is 2.52. The average Bonchev–Trinajstić information content (AvgIpc) is 3.52. The van der Waals surface area contributed by atoms with Crippen LogP contribution in [-0.4, -0.2) is 58.2 Å². The molecule has 33 heavy (non-hydrogen) atoms. The number of nitrogens with two attached hydrogens (primary N) is 1. The van der Waals surface area contributed by atoms with Crippen molar-refractivity contribution in [2.45, 2.75) is 25.3 Å². The van der Waals surface area contributed by atoms with Crippen LogP contribution in [0.2, 0.25) is 0 Å². The first kappa shape index (κ1) is 20.2. The van der Waals surface area contributed by atoms with E-state index in [4.69, 9.17) is 10.7 Å². The van der Waals surface area contributed by atoms with Gasteiger partial charge in [-0.05, 0) is 54.0 Å². The van der Waals surface area contributed by atoms with Gasteiger partial charge < -0.3 is 5.73 Å². The standard InChI is InChI=1S/C22H21BrN10/c23-19-20(13-5-7-32(8-6-13)12-18-28-30-31-29-18)27-22-16(11-26-33(22)21(19)24)15-9-14-3-1-2-4-17(14)25-10-15/h1-4,9-11,13H,5-8,12,24H2,(H,28,29,30,31). The SMILES string of the molecule is Nc1c(Br)c(C2CCN(Cc3nn[nH]n3)CC2)nc2c(-c3cnc4ccccc4c3)cnn12. The Labute approximate surface area is 197 Å². The molecule has 0 saturated carbocycles. The molecule has 0 bridgehead atoms. The van der Waals surface area contributed by atoms with E-state index in [1.54, 1.807) is 4.52 Å². The average molecular weight is 505 g/mol. The van der Waals surface area contributed by atoms with Crippen LogP contribution in [0.1, 0.15) is 30.3 Å². The summed E-state index contributed by atoms with van der Waals surface area (Å²) in [6, 6.07) is 10.2. The molecule has 166 valence electrons. The fourth-order valence-electron chi connectivity index (χ4n) is 4.52. The summed E-state index contributed by atoms with van der Waals surface area (Å²) in [5.74, 6) is 1.57. The van der Waals surface area contributed by atoms with Crippen LogP contribution in [0.4, 0.5) is 5.82 Å². The van der Waals surface area contributed by atoms with Gasteiger partial charge in [-0.15, -0.1) is 10.2 Å². The van der Waals surface area contributed by atoms with E-state index < -0.39 is 0 Å². The Morgan fingerprint density at radius 2 is 2.00 bits per heavy atom. The molecule has 0 radical (unpaired) electrons. The summed E-state index contributed by atoms with van der Waals surface area (Å²) in [6.45, 7) is 2.55. The van der Waals surface area contributed by atoms with Gasteiger partial charge >= 0.3 is 0 Å². The number of tetrazole rings is 1. The highest BCUT2D eigenvalue weighted by atomic mass is 79.9. The Kier molecular flexibility index (Phi) is 4.99. The summed E-state index contributed by atoms with van der Waals surface area (Å²) in [6.07, 6.45) is 5.63. The van der Waals surface area contributed by atoms with E-state index in [2.05, 4.69) is 63.7 Å². The number of aromatic amines is 1. The fraction of sp³-hybridized carbons (Fsp3) is 0.273. The second-order valence-corrected chi connectivity index (χ2v) is 9.08. The molecule has 0 unspecified atom stereocenters. The second kappa shape index (κ2) is 8.16. The number of nitrogens with one attached hydrogen (secondary N) is 1. The van der Waals surface area contributed by atoms with Gasteiger partial charge in [0.25, 0.3) is 0 Å². The van der Waals surface area contributed by atoms with Crippen LogP contribution >= 0.6 is 15.9 Å². The zero-order valence-corrected chi connectivity index (χ0v) is 19.3. The highest BCUT2D eigenvalue weighted by molar-refractivity contribution is 9.10. The maximum absolute atomic E-state index is 6.49. The summed E-state index contributed by atoms with van der Waals surface area (Å²) in [5.41, 5.74) is 11.1. The number of halogens is 1. The number of fused-ring (bicyclic) bond motifs is 2. The second-order valence-electron chi connectivity index (χ2n) is 8.29. The molecule has 1 aliphatic heterocycles. The Hall–Kier alpha value is -3.44. The van der Waals surface area contributed by atoms with E-state index in [0.29, 0.717) is 24.1 Å². The van der Waals surface area contributed by atoms with Gasteiger partial charge in [0.2, 0.25) is 0 Å². The van der Waals surface area contributed by atoms with Gasteiger partial charge in [0.15, 0.2) is 11.5 Å². The minimum absolute atomic E-state index is 0.297. The van der Waals surface area contributed by atoms with Gasteiger partial charge in [-0.25, -0.2) is 4.98 Å². The first-order valence-corrected chi connectivity index (χ1v) is 11.6. The van der Waals surface area contributed by atoms with Gasteiger partial charge in [-0.2, -0.15) is 14.8 Å². The first-order valence-electron chi connectivity index (χ1n) is 10.8. The van der Waals surface area contributed by atoms with E-state index in [1.807, 2.05) is 30.6 Å². The fourth-order valence-corrected chi connectivity index (χ4v) is 5.10. The third-order valence-electron chi connectivity index (χ3n) is 6.28. The highest BCUT2D eigenvalue weighted by Gasteiger charge is 2.27. The van der Waals surface area contributed by atoms with E-state index in [-0.39, 0.29) is 0 Å². The molecular formula is C22H21BrN10. The molecule has 4 aromatic heterocycles. The van der Waals surface area contributed by atoms with Crippen molar-refractivity contribution >= 4 is 38.3 Å². The number of pyridine rings is 1. The molecule has 1 aromatic carbocycles. The summed E-state index contributed by atoms with van der Waals surface area (Å²) >= 11 is 3.69. The van der Waals surface area contributed by atoms with E-state index in [1.165, 1.54) is 0 Å². The van der Waals surface area contributed by atoms with Crippen molar-refractivity contribution in [2.24, 2.45) is 0 Å². The lowest BCUT2D eigenvalue weighted by molar-refractivity contribution is 0.198. The molecule has 3 N–H and O–H groups in total. The van der Waals surface area contributed by atoms with Crippen LogP contribution < -0.4 is 5.73 Å². The smallest absolute Gasteiger partial charge is 0.188 e. The number of likely N-dealkylation sites (tertiary alicyclic amines) is 1. The number of hydrogen-bond acceptors (Lipinski definition) is 8. The molecule has 6 rings (SSSR count). The van der Waals surface area contributed by atoms with Crippen molar-refractivity contribution < 1.29 is 0 Å². The Morgan fingerprint density at radius 1 is 1.15 bits per heavy atom. The maximum Gasteiger partial charge on any atom is 0.188 e. The molecule has 5 aromatic rings. The van der Waals surface area contributed by atoms with Crippen LogP contribution in [0.5, 0.6) is 0 Å². The number of aromatic nitrogens is 8. The molecule has 5 heterocycles. The van der Waals surface area contributed by atoms with Gasteiger partial charge in [0.1, 0.15) is 5.82 Å². The van der Waals surface area contributed by atoms with Crippen molar-refractivity contribution in [3.8, 4) is 11.1 Å². The molecule has 1 saturated heterocycles. The number of rotatable bonds is 4. The predicted molar refractivity (Wildman–Crippen MR) is 127 cm³/mol. The van der Waals surface area contributed by atoms with Crippen molar-refractivity contribution in [3.63, 3.8) is 0 Å². The summed E-state index contributed by atoms with van der Waals surface area (Å²) in [4.78, 5) is 12.0. The largest absolute Gasteiger partial charge is 0.383 e. The molecule has 0 spiro atoms. The van der Waals surface area contributed by atoms with Crippen LogP contribution in [0.3, 0.4) is 0 Å². The number of nitrogen functional groups attached to an aromatic ring is 1. The molecule has 1 aliphatic rings. The van der Waals surface area contributed by atoms with Crippen LogP contribution in [0.15, 0.2) is 47.2 Å². The Balaban J connectivity index is 1.33. The lowest BCUT2D eigenvalue weighted by Crippen LogP contribution is -2.33. The topological polar surface area (TPSA) is 127 Å². The minimum atomic E-state index is 0.297. The molecule has 0 amide bonds. The van der Waals surface area contributed by atoms with Gasteiger partial charge in [0.05, 0.1) is 28.4 Å². The zero-order chi connectivity index (χ0) is 22.4. The monoisotopic (exact) mass is 504 g/mol. The molecular weight excluding hydrogens is 484 g/mol. The lowest BCUT2D eigenvalue weighted by Gasteiger charge is -2.31. The number of H-pyrrole nitrogens is 1. The van der Waals surface area contributed by atoms with Crippen molar-refractivity contribution in [1.82, 2.24) is 45.1 Å². The Bertz CT molecular complexity index is 1440. The van der Waals surface area contributed by atoms with E-state index in [9.17, 15) is 0 Å². The maximum atomic E-state index is 6.49. The normalized spacial score (nSPS) is 15.5. The van der Waals surface area contributed by atoms with Gasteiger partial charge in [-0.1, -0.05) is 23.4 Å². The third kappa shape index (κ3) is 3.62. The van der Waals surface area contributed by atoms with E-state index >= 15 is 0 Å². The van der Waals surface area contributed by atoms with Crippen molar-refractivity contribution in [2.75, 3.05) is 18.8 Å². The molecule has 1 fully saturated rings. The first-order chi connectivity index (χ1) is 16.2. The number of para-hydroxylation sites is 1. The number of anilines is 1. The van der Waals surface area contributed by atoms with Gasteiger partial charge in [0, 0.05) is 28.6 Å². The quantitative estimate of drug-likeness (QED) is 0.382. The summed E-state index contributed by atoms with van der Waals surface area (Å²) in [5, 5.41) is 19.9.